The van der Waals surface area contributed by atoms with E-state index < -0.39 is 0 Å². The molecule has 0 amide bonds. The molecular formula is C14H24ClN3S. The highest BCUT2D eigenvalue weighted by atomic mass is 35.5. The Kier molecular flexibility index (Phi) is 5.63. The average Bonchev–Trinajstić information content (AvgIpc) is 2.99. The van der Waals surface area contributed by atoms with Crippen LogP contribution in [0, 0.1) is 12.8 Å². The molecule has 3 nitrogen and oxygen atoms in total. The number of likely N-dealkylation sites (tertiary alicyclic amines) is 1. The molecule has 0 spiro atoms. The number of halogens is 1. The Morgan fingerprint density at radius 3 is 3.00 bits per heavy atom. The van der Waals surface area contributed by atoms with Gasteiger partial charge in [-0.2, -0.15) is 0 Å². The first kappa shape index (κ1) is 15.2. The van der Waals surface area contributed by atoms with Gasteiger partial charge in [0.1, 0.15) is 0 Å². The number of nitrogens with one attached hydrogen (secondary N) is 1. The Bertz CT molecular complexity index is 390. The van der Waals surface area contributed by atoms with Crippen LogP contribution in [-0.2, 0) is 0 Å². The molecule has 2 saturated heterocycles. The van der Waals surface area contributed by atoms with E-state index in [4.69, 9.17) is 4.98 Å². The maximum absolute atomic E-state index is 4.70. The van der Waals surface area contributed by atoms with Gasteiger partial charge in [0.25, 0.3) is 0 Å². The molecule has 108 valence electrons. The summed E-state index contributed by atoms with van der Waals surface area (Å²) < 4.78 is 0. The molecule has 0 saturated carbocycles. The summed E-state index contributed by atoms with van der Waals surface area (Å²) in [4.78, 5) is 7.37. The zero-order valence-electron chi connectivity index (χ0n) is 11.6. The first-order valence-electron chi connectivity index (χ1n) is 7.20. The topological polar surface area (TPSA) is 28.2 Å². The molecule has 1 N–H and O–H groups in total. The molecule has 3 rings (SSSR count). The highest BCUT2D eigenvalue weighted by Gasteiger charge is 2.29. The molecule has 2 aliphatic rings. The number of hydrogen-bond acceptors (Lipinski definition) is 4. The van der Waals surface area contributed by atoms with Crippen LogP contribution < -0.4 is 5.32 Å². The second-order valence-corrected chi connectivity index (χ2v) is 6.72. The van der Waals surface area contributed by atoms with Crippen LogP contribution in [0.15, 0.2) is 5.38 Å². The van der Waals surface area contributed by atoms with Gasteiger partial charge in [0.2, 0.25) is 0 Å². The molecule has 2 aliphatic heterocycles. The number of nitrogens with zero attached hydrogens (tertiary/aromatic N) is 2. The van der Waals surface area contributed by atoms with Crippen LogP contribution in [0.1, 0.15) is 42.4 Å². The van der Waals surface area contributed by atoms with E-state index in [2.05, 4.69) is 22.5 Å². The molecule has 1 aromatic rings. The van der Waals surface area contributed by atoms with E-state index in [0.29, 0.717) is 6.04 Å². The molecule has 2 fully saturated rings. The lowest BCUT2D eigenvalue weighted by Gasteiger charge is -2.30. The van der Waals surface area contributed by atoms with Crippen LogP contribution in [0.4, 0.5) is 0 Å². The fourth-order valence-electron chi connectivity index (χ4n) is 3.32. The maximum atomic E-state index is 4.70. The van der Waals surface area contributed by atoms with Crippen molar-refractivity contribution in [2.45, 2.75) is 38.6 Å². The first-order valence-corrected chi connectivity index (χ1v) is 8.07. The maximum Gasteiger partial charge on any atom is 0.0898 e. The third-order valence-corrected chi connectivity index (χ3v) is 5.03. The minimum atomic E-state index is 0. The largest absolute Gasteiger partial charge is 0.316 e. The Labute approximate surface area is 126 Å². The smallest absolute Gasteiger partial charge is 0.0898 e. The Balaban J connectivity index is 0.00000133. The van der Waals surface area contributed by atoms with Crippen molar-refractivity contribution in [3.63, 3.8) is 0 Å². The van der Waals surface area contributed by atoms with E-state index in [9.17, 15) is 0 Å². The second kappa shape index (κ2) is 7.02. The van der Waals surface area contributed by atoms with Crippen molar-refractivity contribution in [2.75, 3.05) is 26.2 Å². The van der Waals surface area contributed by atoms with Crippen molar-refractivity contribution in [2.24, 2.45) is 5.92 Å². The van der Waals surface area contributed by atoms with Crippen molar-refractivity contribution < 1.29 is 0 Å². The summed E-state index contributed by atoms with van der Waals surface area (Å²) in [5.41, 5.74) is 1.32. The molecular weight excluding hydrogens is 278 g/mol. The SMILES string of the molecule is Cc1nc(C2CCCN2CC2CCCNC2)cs1.Cl. The van der Waals surface area contributed by atoms with Crippen LogP contribution in [0.2, 0.25) is 0 Å². The van der Waals surface area contributed by atoms with Crippen molar-refractivity contribution in [1.82, 2.24) is 15.2 Å². The lowest BCUT2D eigenvalue weighted by molar-refractivity contribution is 0.193. The molecule has 0 aliphatic carbocycles. The summed E-state index contributed by atoms with van der Waals surface area (Å²) in [7, 11) is 0. The molecule has 1 aromatic heterocycles. The summed E-state index contributed by atoms with van der Waals surface area (Å²) in [6, 6.07) is 0.594. The van der Waals surface area contributed by atoms with Crippen molar-refractivity contribution in [3.05, 3.63) is 16.1 Å². The van der Waals surface area contributed by atoms with Crippen LogP contribution in [-0.4, -0.2) is 36.1 Å². The minimum absolute atomic E-state index is 0. The lowest BCUT2D eigenvalue weighted by atomic mass is 9.98. The van der Waals surface area contributed by atoms with Gasteiger partial charge in [0.05, 0.1) is 16.7 Å². The number of thiazole rings is 1. The zero-order valence-corrected chi connectivity index (χ0v) is 13.2. The molecule has 0 aromatic carbocycles. The van der Waals surface area contributed by atoms with Crippen LogP contribution in [0.25, 0.3) is 0 Å². The Morgan fingerprint density at radius 2 is 2.32 bits per heavy atom. The van der Waals surface area contributed by atoms with E-state index in [1.807, 2.05) is 0 Å². The lowest BCUT2D eigenvalue weighted by Crippen LogP contribution is -2.38. The van der Waals surface area contributed by atoms with Gasteiger partial charge in [-0.1, -0.05) is 0 Å². The van der Waals surface area contributed by atoms with E-state index in [1.54, 1.807) is 11.3 Å². The molecule has 5 heteroatoms. The molecule has 19 heavy (non-hydrogen) atoms. The monoisotopic (exact) mass is 301 g/mol. The normalized spacial score (nSPS) is 28.3. The first-order chi connectivity index (χ1) is 8.83. The van der Waals surface area contributed by atoms with Gasteiger partial charge in [-0.05, 0) is 58.2 Å². The fraction of sp³-hybridized carbons (Fsp3) is 0.786. The number of aromatic nitrogens is 1. The quantitative estimate of drug-likeness (QED) is 0.930. The number of rotatable bonds is 3. The van der Waals surface area contributed by atoms with Gasteiger partial charge in [-0.3, -0.25) is 4.90 Å². The Hall–Kier alpha value is -0.160. The van der Waals surface area contributed by atoms with Crippen molar-refractivity contribution in [1.29, 1.82) is 0 Å². The highest BCUT2D eigenvalue weighted by Crippen LogP contribution is 2.33. The van der Waals surface area contributed by atoms with Gasteiger partial charge in [-0.15, -0.1) is 23.7 Å². The Morgan fingerprint density at radius 1 is 1.42 bits per heavy atom. The van der Waals surface area contributed by atoms with E-state index in [1.165, 1.54) is 62.6 Å². The van der Waals surface area contributed by atoms with E-state index >= 15 is 0 Å². The predicted octanol–water partition coefficient (Wildman–Crippen LogP) is 3.01. The standard InChI is InChI=1S/C14H23N3S.ClH/c1-11-16-13(10-18-11)14-5-3-7-17(14)9-12-4-2-6-15-8-12;/h10,12,14-15H,2-9H2,1H3;1H. The minimum Gasteiger partial charge on any atom is -0.316 e. The van der Waals surface area contributed by atoms with Crippen LogP contribution in [0.5, 0.6) is 0 Å². The van der Waals surface area contributed by atoms with Crippen molar-refractivity contribution >= 4 is 23.7 Å². The predicted molar refractivity (Wildman–Crippen MR) is 83.2 cm³/mol. The molecule has 3 heterocycles. The van der Waals surface area contributed by atoms with Crippen LogP contribution >= 0.6 is 23.7 Å². The van der Waals surface area contributed by atoms with Gasteiger partial charge >= 0.3 is 0 Å². The van der Waals surface area contributed by atoms with Crippen molar-refractivity contribution in [3.8, 4) is 0 Å². The zero-order chi connectivity index (χ0) is 12.4. The molecule has 2 unspecified atom stereocenters. The average molecular weight is 302 g/mol. The molecule has 2 atom stereocenters. The van der Waals surface area contributed by atoms with Gasteiger partial charge in [-0.25, -0.2) is 4.98 Å². The van der Waals surface area contributed by atoms with Gasteiger partial charge < -0.3 is 5.32 Å². The summed E-state index contributed by atoms with van der Waals surface area (Å²) in [6.07, 6.45) is 5.37. The number of piperidine rings is 1. The van der Waals surface area contributed by atoms with Gasteiger partial charge in [0, 0.05) is 11.9 Å². The fourth-order valence-corrected chi connectivity index (χ4v) is 3.98. The van der Waals surface area contributed by atoms with E-state index in [-0.39, 0.29) is 12.4 Å². The third-order valence-electron chi connectivity index (χ3n) is 4.23. The van der Waals surface area contributed by atoms with Crippen LogP contribution in [0.3, 0.4) is 0 Å². The summed E-state index contributed by atoms with van der Waals surface area (Å²) in [5, 5.41) is 6.99. The van der Waals surface area contributed by atoms with E-state index in [0.717, 1.165) is 5.92 Å². The number of aryl methyl sites for hydroxylation is 1. The summed E-state index contributed by atoms with van der Waals surface area (Å²) >= 11 is 1.79. The third kappa shape index (κ3) is 3.69. The van der Waals surface area contributed by atoms with Gasteiger partial charge in [0.15, 0.2) is 0 Å². The molecule has 0 bridgehead atoms. The summed E-state index contributed by atoms with van der Waals surface area (Å²) in [6.45, 7) is 7.05. The second-order valence-electron chi connectivity index (χ2n) is 5.66. The number of hydrogen-bond donors (Lipinski definition) is 1. The summed E-state index contributed by atoms with van der Waals surface area (Å²) in [5.74, 6) is 0.846. The highest BCUT2D eigenvalue weighted by molar-refractivity contribution is 7.09. The molecule has 0 radical (unpaired) electrons.